The van der Waals surface area contributed by atoms with Gasteiger partial charge in [0, 0.05) is 32.0 Å². The van der Waals surface area contributed by atoms with Crippen LogP contribution in [0.25, 0.3) is 0 Å². The molecule has 0 bridgehead atoms. The number of carbonyl (C=O) groups is 1. The van der Waals surface area contributed by atoms with Crippen molar-refractivity contribution in [2.75, 3.05) is 13.1 Å². The molecular formula is C15H18N4O4. The van der Waals surface area contributed by atoms with Crippen LogP contribution in [0.1, 0.15) is 34.5 Å². The van der Waals surface area contributed by atoms with Crippen LogP contribution in [-0.2, 0) is 11.2 Å². The van der Waals surface area contributed by atoms with Crippen LogP contribution in [0, 0.1) is 19.8 Å². The van der Waals surface area contributed by atoms with Gasteiger partial charge in [0.2, 0.25) is 11.8 Å². The van der Waals surface area contributed by atoms with Crippen LogP contribution in [0.15, 0.2) is 15.0 Å². The molecule has 0 aliphatic carbocycles. The fraction of sp³-hybridized carbons (Fsp3) is 0.600. The molecule has 8 nitrogen and oxygen atoms in total. The van der Waals surface area contributed by atoms with E-state index in [2.05, 4.69) is 15.4 Å². The first kappa shape index (κ1) is 14.4. The lowest BCUT2D eigenvalue weighted by atomic mass is 10.0. The number of hydrogen-bond donors (Lipinski definition) is 0. The van der Waals surface area contributed by atoms with E-state index in [1.807, 2.05) is 0 Å². The monoisotopic (exact) mass is 318 g/mol. The Morgan fingerprint density at radius 2 is 2.22 bits per heavy atom. The van der Waals surface area contributed by atoms with Crippen LogP contribution in [0.4, 0.5) is 0 Å². The van der Waals surface area contributed by atoms with Gasteiger partial charge in [-0.25, -0.2) is 0 Å². The molecule has 2 aliphatic rings. The fourth-order valence-electron chi connectivity index (χ4n) is 3.40. The molecule has 2 saturated heterocycles. The van der Waals surface area contributed by atoms with Crippen molar-refractivity contribution < 1.29 is 18.5 Å². The minimum atomic E-state index is -0.0936. The molecule has 4 heterocycles. The molecule has 23 heavy (non-hydrogen) atoms. The Bertz CT molecular complexity index is 711. The van der Waals surface area contributed by atoms with E-state index < -0.39 is 0 Å². The van der Waals surface area contributed by atoms with Gasteiger partial charge in [0.15, 0.2) is 5.69 Å². The topological polar surface area (TPSA) is 94.5 Å². The Hall–Kier alpha value is -2.22. The molecule has 0 unspecified atom stereocenters. The van der Waals surface area contributed by atoms with Crippen LogP contribution in [0.5, 0.6) is 0 Å². The van der Waals surface area contributed by atoms with Crippen molar-refractivity contribution in [3.8, 4) is 0 Å². The Morgan fingerprint density at radius 3 is 2.87 bits per heavy atom. The predicted molar refractivity (Wildman–Crippen MR) is 76.7 cm³/mol. The molecule has 0 N–H and O–H groups in total. The molecule has 8 heteroatoms. The number of ether oxygens (including phenoxy) is 1. The molecule has 2 fully saturated rings. The summed E-state index contributed by atoms with van der Waals surface area (Å²) in [4.78, 5) is 14.2. The molecule has 3 atom stereocenters. The minimum absolute atomic E-state index is 0.0703. The lowest BCUT2D eigenvalue weighted by Gasteiger charge is -2.17. The van der Waals surface area contributed by atoms with Gasteiger partial charge in [-0.2, -0.15) is 0 Å². The highest BCUT2D eigenvalue weighted by molar-refractivity contribution is 5.92. The fourth-order valence-corrected chi connectivity index (χ4v) is 3.40. The van der Waals surface area contributed by atoms with E-state index in [-0.39, 0.29) is 18.1 Å². The van der Waals surface area contributed by atoms with E-state index >= 15 is 0 Å². The molecule has 0 saturated carbocycles. The van der Waals surface area contributed by atoms with Crippen LogP contribution >= 0.6 is 0 Å². The maximum Gasteiger partial charge on any atom is 0.276 e. The standard InChI is InChI=1S/C15H18N4O4/c1-8-3-12(18-23-8)15(20)19-6-10-4-11(22-13(10)7-19)5-14-17-16-9(2)21-14/h3,10-11,13H,4-7H2,1-2H3/t10-,11+,13+/m1/s1. The first-order chi connectivity index (χ1) is 11.1. The van der Waals surface area contributed by atoms with Crippen molar-refractivity contribution in [3.05, 3.63) is 29.3 Å². The second kappa shape index (κ2) is 5.45. The van der Waals surface area contributed by atoms with Gasteiger partial charge in [0.25, 0.3) is 5.91 Å². The van der Waals surface area contributed by atoms with Crippen molar-refractivity contribution in [2.45, 2.75) is 38.9 Å². The van der Waals surface area contributed by atoms with Gasteiger partial charge < -0.3 is 18.6 Å². The van der Waals surface area contributed by atoms with Gasteiger partial charge in [0.1, 0.15) is 5.76 Å². The number of rotatable bonds is 3. The molecular weight excluding hydrogens is 300 g/mol. The zero-order valence-electron chi connectivity index (χ0n) is 13.1. The Kier molecular flexibility index (Phi) is 3.41. The van der Waals surface area contributed by atoms with E-state index in [9.17, 15) is 4.79 Å². The average molecular weight is 318 g/mol. The summed E-state index contributed by atoms with van der Waals surface area (Å²) < 4.78 is 16.4. The Morgan fingerprint density at radius 1 is 1.35 bits per heavy atom. The molecule has 2 aromatic rings. The third kappa shape index (κ3) is 2.74. The van der Waals surface area contributed by atoms with E-state index in [0.717, 1.165) is 6.42 Å². The summed E-state index contributed by atoms with van der Waals surface area (Å²) in [5, 5.41) is 11.6. The summed E-state index contributed by atoms with van der Waals surface area (Å²) in [5.41, 5.74) is 0.361. The number of hydrogen-bond acceptors (Lipinski definition) is 7. The first-order valence-electron chi connectivity index (χ1n) is 7.75. The highest BCUT2D eigenvalue weighted by atomic mass is 16.5. The number of carbonyl (C=O) groups excluding carboxylic acids is 1. The quantitative estimate of drug-likeness (QED) is 0.837. The van der Waals surface area contributed by atoms with E-state index in [4.69, 9.17) is 13.7 Å². The van der Waals surface area contributed by atoms with Gasteiger partial charge in [-0.3, -0.25) is 4.79 Å². The normalized spacial score (nSPS) is 26.7. The molecule has 0 aromatic carbocycles. The number of nitrogens with zero attached hydrogens (tertiary/aromatic N) is 4. The van der Waals surface area contributed by atoms with E-state index in [1.54, 1.807) is 24.8 Å². The summed E-state index contributed by atoms with van der Waals surface area (Å²) >= 11 is 0. The average Bonchev–Trinajstić information content (AvgIpc) is 3.23. The molecule has 2 aromatic heterocycles. The third-order valence-corrected chi connectivity index (χ3v) is 4.42. The van der Waals surface area contributed by atoms with Crippen LogP contribution < -0.4 is 0 Å². The van der Waals surface area contributed by atoms with Crippen LogP contribution in [0.3, 0.4) is 0 Å². The van der Waals surface area contributed by atoms with E-state index in [0.29, 0.717) is 48.7 Å². The van der Waals surface area contributed by atoms with Gasteiger partial charge in [-0.1, -0.05) is 5.16 Å². The van der Waals surface area contributed by atoms with Crippen molar-refractivity contribution in [3.63, 3.8) is 0 Å². The molecule has 2 aliphatic heterocycles. The lowest BCUT2D eigenvalue weighted by molar-refractivity contribution is 0.0334. The van der Waals surface area contributed by atoms with Crippen molar-refractivity contribution in [1.82, 2.24) is 20.3 Å². The van der Waals surface area contributed by atoms with Crippen molar-refractivity contribution in [1.29, 1.82) is 0 Å². The minimum Gasteiger partial charge on any atom is -0.426 e. The zero-order valence-corrected chi connectivity index (χ0v) is 13.1. The predicted octanol–water partition coefficient (Wildman–Crippen LogP) is 1.15. The zero-order chi connectivity index (χ0) is 16.0. The number of likely N-dealkylation sites (tertiary alicyclic amines) is 1. The molecule has 0 radical (unpaired) electrons. The Labute approximate surface area is 132 Å². The van der Waals surface area contributed by atoms with Crippen molar-refractivity contribution >= 4 is 5.91 Å². The maximum absolute atomic E-state index is 12.4. The maximum atomic E-state index is 12.4. The smallest absolute Gasteiger partial charge is 0.276 e. The summed E-state index contributed by atoms with van der Waals surface area (Å²) in [6, 6.07) is 1.66. The van der Waals surface area contributed by atoms with Crippen LogP contribution in [0.2, 0.25) is 0 Å². The number of aryl methyl sites for hydroxylation is 2. The number of fused-ring (bicyclic) bond motifs is 1. The van der Waals surface area contributed by atoms with Gasteiger partial charge in [0.05, 0.1) is 18.6 Å². The SMILES string of the molecule is Cc1cc(C(=O)N2C[C@H]3C[C@@H](Cc4nnc(C)o4)O[C@H]3C2)no1. The number of aromatic nitrogens is 3. The third-order valence-electron chi connectivity index (χ3n) is 4.42. The van der Waals surface area contributed by atoms with Gasteiger partial charge in [-0.05, 0) is 13.3 Å². The second-order valence-corrected chi connectivity index (χ2v) is 6.24. The molecule has 122 valence electrons. The first-order valence-corrected chi connectivity index (χ1v) is 7.75. The highest BCUT2D eigenvalue weighted by Gasteiger charge is 2.44. The summed E-state index contributed by atoms with van der Waals surface area (Å²) in [7, 11) is 0. The van der Waals surface area contributed by atoms with E-state index in [1.165, 1.54) is 0 Å². The molecule has 0 spiro atoms. The van der Waals surface area contributed by atoms with Crippen molar-refractivity contribution in [2.24, 2.45) is 5.92 Å². The summed E-state index contributed by atoms with van der Waals surface area (Å²) in [6.45, 7) is 4.83. The number of amides is 1. The summed E-state index contributed by atoms with van der Waals surface area (Å²) in [6.07, 6.45) is 1.68. The highest BCUT2D eigenvalue weighted by Crippen LogP contribution is 2.34. The summed E-state index contributed by atoms with van der Waals surface area (Å²) in [5.74, 6) is 2.07. The van der Waals surface area contributed by atoms with Gasteiger partial charge in [-0.15, -0.1) is 10.2 Å². The lowest BCUT2D eigenvalue weighted by Crippen LogP contribution is -2.31. The molecule has 4 rings (SSSR count). The molecule has 1 amide bonds. The second-order valence-electron chi connectivity index (χ2n) is 6.24. The van der Waals surface area contributed by atoms with Crippen LogP contribution in [-0.4, -0.2) is 51.5 Å². The van der Waals surface area contributed by atoms with Gasteiger partial charge >= 0.3 is 0 Å². The Balaban J connectivity index is 1.35. The largest absolute Gasteiger partial charge is 0.426 e.